The molecule has 116 valence electrons. The molecule has 6 heteroatoms. The molecule has 1 atom stereocenters. The van der Waals surface area contributed by atoms with E-state index in [0.717, 1.165) is 38.0 Å². The van der Waals surface area contributed by atoms with Crippen molar-refractivity contribution in [3.63, 3.8) is 0 Å². The van der Waals surface area contributed by atoms with Crippen molar-refractivity contribution in [1.82, 2.24) is 20.4 Å². The third-order valence-electron chi connectivity index (χ3n) is 4.79. The predicted molar refractivity (Wildman–Crippen MR) is 79.0 cm³/mol. The highest BCUT2D eigenvalue weighted by atomic mass is 19.1. The van der Waals surface area contributed by atoms with Crippen LogP contribution in [0.5, 0.6) is 0 Å². The van der Waals surface area contributed by atoms with E-state index < -0.39 is 0 Å². The van der Waals surface area contributed by atoms with Gasteiger partial charge in [0.2, 0.25) is 5.89 Å². The number of likely N-dealkylation sites (N-methyl/N-ethyl adjacent to an activating group) is 1. The quantitative estimate of drug-likeness (QED) is 0.938. The van der Waals surface area contributed by atoms with Crippen molar-refractivity contribution in [1.29, 1.82) is 0 Å². The molecule has 0 spiro atoms. The Hall–Kier alpha value is -1.79. The largest absolute Gasteiger partial charge is 0.338 e. The molecule has 4 rings (SSSR count). The lowest BCUT2D eigenvalue weighted by molar-refractivity contribution is 0.190. The normalized spacial score (nSPS) is 24.4. The van der Waals surface area contributed by atoms with E-state index in [9.17, 15) is 4.39 Å². The second kappa shape index (κ2) is 5.14. The van der Waals surface area contributed by atoms with Crippen LogP contribution in [0, 0.1) is 5.82 Å². The lowest BCUT2D eigenvalue weighted by Gasteiger charge is -2.30. The van der Waals surface area contributed by atoms with Crippen LogP contribution >= 0.6 is 0 Å². The Labute approximate surface area is 128 Å². The molecular formula is C16H19FN4O. The summed E-state index contributed by atoms with van der Waals surface area (Å²) in [5.74, 6) is 1.11. The first-order valence-electron chi connectivity index (χ1n) is 7.70. The van der Waals surface area contributed by atoms with E-state index in [2.05, 4.69) is 27.4 Å². The average molecular weight is 302 g/mol. The van der Waals surface area contributed by atoms with Crippen molar-refractivity contribution in [3.8, 4) is 0 Å². The molecule has 2 fully saturated rings. The lowest BCUT2D eigenvalue weighted by atomic mass is 9.96. The summed E-state index contributed by atoms with van der Waals surface area (Å²) in [6.07, 6.45) is 1.85. The summed E-state index contributed by atoms with van der Waals surface area (Å²) < 4.78 is 19.1. The number of halogens is 1. The van der Waals surface area contributed by atoms with E-state index in [-0.39, 0.29) is 17.3 Å². The van der Waals surface area contributed by atoms with E-state index in [0.29, 0.717) is 11.7 Å². The van der Waals surface area contributed by atoms with Crippen LogP contribution in [0.3, 0.4) is 0 Å². The van der Waals surface area contributed by atoms with Gasteiger partial charge in [0.25, 0.3) is 0 Å². The molecule has 1 aliphatic carbocycles. The summed E-state index contributed by atoms with van der Waals surface area (Å²) in [6.45, 7) is 2.76. The number of hydrogen-bond donors (Lipinski definition) is 1. The van der Waals surface area contributed by atoms with Crippen LogP contribution in [0.2, 0.25) is 0 Å². The van der Waals surface area contributed by atoms with Crippen LogP contribution in [0.15, 0.2) is 28.8 Å². The van der Waals surface area contributed by atoms with Crippen molar-refractivity contribution in [2.75, 3.05) is 26.7 Å². The van der Waals surface area contributed by atoms with Gasteiger partial charge in [-0.15, -0.1) is 0 Å². The number of benzene rings is 1. The monoisotopic (exact) mass is 302 g/mol. The first-order valence-corrected chi connectivity index (χ1v) is 7.70. The zero-order valence-electron chi connectivity index (χ0n) is 12.6. The maximum atomic E-state index is 13.5. The first-order chi connectivity index (χ1) is 10.7. The van der Waals surface area contributed by atoms with Crippen LogP contribution in [0.4, 0.5) is 4.39 Å². The minimum atomic E-state index is -0.284. The van der Waals surface area contributed by atoms with Gasteiger partial charge in [0.05, 0.1) is 11.5 Å². The highest BCUT2D eigenvalue weighted by molar-refractivity contribution is 5.38. The third-order valence-corrected chi connectivity index (χ3v) is 4.79. The molecule has 22 heavy (non-hydrogen) atoms. The van der Waals surface area contributed by atoms with Crippen molar-refractivity contribution >= 4 is 0 Å². The highest BCUT2D eigenvalue weighted by Gasteiger charge is 2.51. The average Bonchev–Trinajstić information content (AvgIpc) is 3.19. The molecule has 2 heterocycles. The molecule has 1 aromatic carbocycles. The lowest BCUT2D eigenvalue weighted by Crippen LogP contribution is -2.44. The maximum Gasteiger partial charge on any atom is 0.237 e. The molecule has 0 amide bonds. The van der Waals surface area contributed by atoms with Crippen molar-refractivity contribution < 1.29 is 8.91 Å². The van der Waals surface area contributed by atoms with Crippen molar-refractivity contribution in [2.24, 2.45) is 0 Å². The van der Waals surface area contributed by atoms with Gasteiger partial charge in [-0.25, -0.2) is 4.39 Å². The van der Waals surface area contributed by atoms with Gasteiger partial charge < -0.3 is 9.84 Å². The smallest absolute Gasteiger partial charge is 0.237 e. The maximum absolute atomic E-state index is 13.5. The van der Waals surface area contributed by atoms with Gasteiger partial charge in [0.1, 0.15) is 5.82 Å². The van der Waals surface area contributed by atoms with Crippen LogP contribution in [0.1, 0.15) is 36.2 Å². The highest BCUT2D eigenvalue weighted by Crippen LogP contribution is 2.53. The van der Waals surface area contributed by atoms with Gasteiger partial charge in [0, 0.05) is 19.6 Å². The Balaban J connectivity index is 1.64. The number of nitrogens with one attached hydrogen (secondary N) is 1. The Morgan fingerprint density at radius 3 is 3.00 bits per heavy atom. The molecule has 5 nitrogen and oxygen atoms in total. The fraction of sp³-hybridized carbons (Fsp3) is 0.500. The summed E-state index contributed by atoms with van der Waals surface area (Å²) in [4.78, 5) is 6.87. The second-order valence-electron chi connectivity index (χ2n) is 6.25. The van der Waals surface area contributed by atoms with Gasteiger partial charge in [-0.2, -0.15) is 4.98 Å². The Kier molecular flexibility index (Phi) is 3.23. The minimum Gasteiger partial charge on any atom is -0.338 e. The number of aromatic nitrogens is 2. The zero-order chi connectivity index (χ0) is 15.2. The second-order valence-corrected chi connectivity index (χ2v) is 6.25. The Bertz CT molecular complexity index is 682. The standard InChI is InChI=1S/C16H19FN4O/c1-21-8-7-18-10-13(21)14-19-15(22-20-14)16(5-6-16)11-3-2-4-12(17)9-11/h2-4,9,13,18H,5-8,10H2,1H3. The van der Waals surface area contributed by atoms with E-state index in [1.54, 1.807) is 12.1 Å². The number of rotatable bonds is 3. The van der Waals surface area contributed by atoms with Crippen LogP contribution in [-0.4, -0.2) is 41.7 Å². The molecule has 0 radical (unpaired) electrons. The molecule has 1 aliphatic heterocycles. The SMILES string of the molecule is CN1CCNCC1c1noc(C2(c3cccc(F)c3)CC2)n1. The molecule has 2 aromatic rings. The molecule has 0 bridgehead atoms. The van der Waals surface area contributed by atoms with E-state index in [4.69, 9.17) is 4.52 Å². The number of piperazine rings is 1. The van der Waals surface area contributed by atoms with Gasteiger partial charge in [-0.1, -0.05) is 17.3 Å². The zero-order valence-corrected chi connectivity index (χ0v) is 12.6. The summed E-state index contributed by atoms with van der Waals surface area (Å²) in [6, 6.07) is 6.84. The molecular weight excluding hydrogens is 283 g/mol. The van der Waals surface area contributed by atoms with Crippen LogP contribution in [0.25, 0.3) is 0 Å². The van der Waals surface area contributed by atoms with E-state index in [1.165, 1.54) is 6.07 Å². The van der Waals surface area contributed by atoms with Gasteiger partial charge >= 0.3 is 0 Å². The number of nitrogens with zero attached hydrogens (tertiary/aromatic N) is 3. The first kappa shape index (κ1) is 13.8. The molecule has 2 aliphatic rings. The summed E-state index contributed by atoms with van der Waals surface area (Å²) in [5, 5.41) is 7.54. The van der Waals surface area contributed by atoms with Gasteiger partial charge in [-0.3, -0.25) is 4.90 Å². The van der Waals surface area contributed by atoms with E-state index >= 15 is 0 Å². The summed E-state index contributed by atoms with van der Waals surface area (Å²) in [7, 11) is 2.07. The van der Waals surface area contributed by atoms with Crippen LogP contribution < -0.4 is 5.32 Å². The van der Waals surface area contributed by atoms with Crippen LogP contribution in [-0.2, 0) is 5.41 Å². The van der Waals surface area contributed by atoms with Gasteiger partial charge in [-0.05, 0) is 37.6 Å². The summed E-state index contributed by atoms with van der Waals surface area (Å²) >= 11 is 0. The third kappa shape index (κ3) is 2.23. The minimum absolute atomic E-state index is 0.134. The fourth-order valence-electron chi connectivity index (χ4n) is 3.20. The summed E-state index contributed by atoms with van der Waals surface area (Å²) in [5.41, 5.74) is 0.645. The molecule has 1 aromatic heterocycles. The topological polar surface area (TPSA) is 54.2 Å². The molecule has 1 unspecified atom stereocenters. The van der Waals surface area contributed by atoms with Crippen molar-refractivity contribution in [3.05, 3.63) is 47.4 Å². The van der Waals surface area contributed by atoms with Crippen molar-refractivity contribution in [2.45, 2.75) is 24.3 Å². The number of hydrogen-bond acceptors (Lipinski definition) is 5. The van der Waals surface area contributed by atoms with Gasteiger partial charge in [0.15, 0.2) is 5.82 Å². The Morgan fingerprint density at radius 1 is 1.41 bits per heavy atom. The fourth-order valence-corrected chi connectivity index (χ4v) is 3.20. The molecule has 1 N–H and O–H groups in total. The Morgan fingerprint density at radius 2 is 2.27 bits per heavy atom. The van der Waals surface area contributed by atoms with E-state index in [1.807, 2.05) is 6.07 Å². The molecule has 1 saturated carbocycles. The predicted octanol–water partition coefficient (Wildman–Crippen LogP) is 1.86. The molecule has 1 saturated heterocycles.